The Balaban J connectivity index is 7.01. The molecule has 0 radical (unpaired) electrons. The van der Waals surface area contributed by atoms with E-state index in [0.717, 1.165) is 0 Å². The van der Waals surface area contributed by atoms with Crippen LogP contribution in [0.1, 0.15) is 0 Å². The molecule has 0 aliphatic carbocycles. The Hall–Kier alpha value is -1.44. The minimum atomic E-state index is -8.90. The van der Waals surface area contributed by atoms with Crippen molar-refractivity contribution in [1.82, 2.24) is 3.82 Å². The first kappa shape index (κ1) is 32.6. The Kier molecular flexibility index (Phi) is 7.45. The average Bonchev–Trinajstić information content (AvgIpc) is 2.57. The molecule has 26 heteroatoms. The van der Waals surface area contributed by atoms with Crippen LogP contribution in [0.4, 0.5) is 79.0 Å². The molecule has 0 aromatic carbocycles. The summed E-state index contributed by atoms with van der Waals surface area (Å²) in [7, 11) is -17.8. The number of halogens is 18. The van der Waals surface area contributed by atoms with Crippen LogP contribution in [-0.4, -0.2) is 67.2 Å². The largest absolute Gasteiger partial charge is 0.460 e. The molecule has 0 saturated carbocycles. The number of nitrogens with zero attached hydrogens (tertiary/aromatic N) is 1. The van der Waals surface area contributed by atoms with E-state index in [1.165, 1.54) is 0 Å². The Bertz CT molecular complexity index is 914. The molecular formula is C8H2F18N2O4S2. The second kappa shape index (κ2) is 7.78. The molecule has 0 amide bonds. The van der Waals surface area contributed by atoms with Crippen LogP contribution in [0.2, 0.25) is 0 Å². The minimum Gasteiger partial charge on any atom is -0.240 e. The summed E-state index contributed by atoms with van der Waals surface area (Å²) in [6, 6.07) is 0. The van der Waals surface area contributed by atoms with Crippen molar-refractivity contribution in [2.45, 2.75) is 46.6 Å². The standard InChI is InChI=1S/C8H2F18N2O4S2/c9-1(10,5(17,18)19)3(13,14)7(23,24)33(29,30)28(27)34(31,32)8(25,26)4(15,16)2(11,12)6(20,21)22/h27H2. The molecule has 0 spiro atoms. The van der Waals surface area contributed by atoms with Crippen molar-refractivity contribution in [3.05, 3.63) is 0 Å². The first-order valence-corrected chi connectivity index (χ1v) is 9.48. The molecule has 0 bridgehead atoms. The highest BCUT2D eigenvalue weighted by Gasteiger charge is 2.89. The Morgan fingerprint density at radius 1 is 0.412 bits per heavy atom. The fraction of sp³-hybridized carbons (Fsp3) is 1.00. The smallest absolute Gasteiger partial charge is 0.240 e. The van der Waals surface area contributed by atoms with Gasteiger partial charge in [-0.3, -0.25) is 0 Å². The number of nitrogens with two attached hydrogens (primary N) is 1. The van der Waals surface area contributed by atoms with Gasteiger partial charge < -0.3 is 0 Å². The van der Waals surface area contributed by atoms with Crippen LogP contribution in [0.25, 0.3) is 0 Å². The van der Waals surface area contributed by atoms with Crippen LogP contribution >= 0.6 is 0 Å². The zero-order valence-electron chi connectivity index (χ0n) is 14.3. The lowest BCUT2D eigenvalue weighted by Gasteiger charge is -2.36. The number of rotatable bonds is 8. The van der Waals surface area contributed by atoms with Gasteiger partial charge in [-0.15, -0.1) is 0 Å². The molecule has 0 aromatic rings. The molecular weight excluding hydrogens is 594 g/mol. The summed E-state index contributed by atoms with van der Waals surface area (Å²) in [6.45, 7) is 0. The lowest BCUT2D eigenvalue weighted by molar-refractivity contribution is -0.383. The number of hydrazine groups is 1. The lowest BCUT2D eigenvalue weighted by atomic mass is 10.1. The van der Waals surface area contributed by atoms with Crippen molar-refractivity contribution >= 4 is 20.0 Å². The first-order chi connectivity index (χ1) is 14.2. The average molecular weight is 596 g/mol. The molecule has 0 heterocycles. The van der Waals surface area contributed by atoms with Gasteiger partial charge in [-0.2, -0.15) is 79.0 Å². The third kappa shape index (κ3) is 3.92. The van der Waals surface area contributed by atoms with E-state index in [4.69, 9.17) is 0 Å². The molecule has 0 aliphatic rings. The summed E-state index contributed by atoms with van der Waals surface area (Å²) in [5.74, 6) is -29.6. The molecule has 0 fully saturated rings. The second-order valence-electron chi connectivity index (χ2n) is 5.56. The molecule has 0 rings (SSSR count). The van der Waals surface area contributed by atoms with E-state index in [1.807, 2.05) is 0 Å². The van der Waals surface area contributed by atoms with Crippen LogP contribution < -0.4 is 5.84 Å². The van der Waals surface area contributed by atoms with Gasteiger partial charge in [0.15, 0.2) is 0 Å². The number of hydrogen-bond donors (Lipinski definition) is 1. The zero-order chi connectivity index (χ0) is 28.6. The highest BCUT2D eigenvalue weighted by Crippen LogP contribution is 2.58. The molecule has 2 N–H and O–H groups in total. The van der Waals surface area contributed by atoms with E-state index in [1.54, 1.807) is 0 Å². The SMILES string of the molecule is NN(S(=O)(=O)C(F)(F)C(F)(F)C(F)(F)C(F)(F)F)S(=O)(=O)C(F)(F)C(F)(F)C(F)(F)C(F)(F)F. The minimum absolute atomic E-state index is 3.48. The van der Waals surface area contributed by atoms with Gasteiger partial charge in [0.1, 0.15) is 0 Å². The fourth-order valence-electron chi connectivity index (χ4n) is 1.40. The highest BCUT2D eigenvalue weighted by molar-refractivity contribution is 8.04. The van der Waals surface area contributed by atoms with Gasteiger partial charge in [0.2, 0.25) is 0 Å². The van der Waals surface area contributed by atoms with Gasteiger partial charge in [0, 0.05) is 0 Å². The van der Waals surface area contributed by atoms with Crippen LogP contribution in [-0.2, 0) is 20.0 Å². The molecule has 6 nitrogen and oxygen atoms in total. The van der Waals surface area contributed by atoms with Crippen LogP contribution in [0, 0.1) is 0 Å². The normalized spacial score (nSPS) is 16.8. The number of sulfonamides is 2. The predicted octanol–water partition coefficient (Wildman–Crippen LogP) is 3.67. The molecule has 0 aliphatic heterocycles. The topological polar surface area (TPSA) is 97.5 Å². The van der Waals surface area contributed by atoms with Crippen molar-refractivity contribution < 1.29 is 95.9 Å². The van der Waals surface area contributed by atoms with Crippen molar-refractivity contribution in [3.8, 4) is 0 Å². The summed E-state index contributed by atoms with van der Waals surface area (Å²) in [6.07, 6.45) is -15.6. The van der Waals surface area contributed by atoms with E-state index in [2.05, 4.69) is 5.84 Å². The molecule has 206 valence electrons. The number of alkyl halides is 18. The van der Waals surface area contributed by atoms with Crippen molar-refractivity contribution in [2.75, 3.05) is 0 Å². The summed E-state index contributed by atoms with van der Waals surface area (Å²) < 4.78 is 269. The Morgan fingerprint density at radius 2 is 0.588 bits per heavy atom. The van der Waals surface area contributed by atoms with Gasteiger partial charge in [-0.25, -0.2) is 22.7 Å². The summed E-state index contributed by atoms with van der Waals surface area (Å²) in [5.41, 5.74) is 0. The predicted molar refractivity (Wildman–Crippen MR) is 65.7 cm³/mol. The molecule has 0 atom stereocenters. The summed E-state index contributed by atoms with van der Waals surface area (Å²) in [5, 5.41) is -16.6. The Morgan fingerprint density at radius 3 is 0.735 bits per heavy atom. The monoisotopic (exact) mass is 596 g/mol. The zero-order valence-corrected chi connectivity index (χ0v) is 15.9. The quantitative estimate of drug-likeness (QED) is 0.262. The third-order valence-electron chi connectivity index (χ3n) is 3.35. The van der Waals surface area contributed by atoms with Gasteiger partial charge in [0.25, 0.3) is 0 Å². The summed E-state index contributed by atoms with van der Waals surface area (Å²) >= 11 is 0. The molecule has 34 heavy (non-hydrogen) atoms. The second-order valence-corrected chi connectivity index (χ2v) is 9.51. The maximum atomic E-state index is 13.4. The third-order valence-corrected chi connectivity index (χ3v) is 7.29. The van der Waals surface area contributed by atoms with E-state index < -0.39 is 70.4 Å². The molecule has 0 unspecified atom stereocenters. The number of hydrogen-bond acceptors (Lipinski definition) is 5. The van der Waals surface area contributed by atoms with Crippen LogP contribution in [0.3, 0.4) is 0 Å². The van der Waals surface area contributed by atoms with E-state index in [-0.39, 0.29) is 0 Å². The van der Waals surface area contributed by atoms with Crippen LogP contribution in [0.15, 0.2) is 0 Å². The van der Waals surface area contributed by atoms with E-state index >= 15 is 0 Å². The van der Waals surface area contributed by atoms with Crippen LogP contribution in [0.5, 0.6) is 0 Å². The van der Waals surface area contributed by atoms with Crippen molar-refractivity contribution in [1.29, 1.82) is 0 Å². The van der Waals surface area contributed by atoms with Crippen molar-refractivity contribution in [3.63, 3.8) is 0 Å². The highest BCUT2D eigenvalue weighted by atomic mass is 32.3. The lowest BCUT2D eigenvalue weighted by Crippen LogP contribution is -2.70. The first-order valence-electron chi connectivity index (χ1n) is 6.60. The summed E-state index contributed by atoms with van der Waals surface area (Å²) in [4.78, 5) is 0. The van der Waals surface area contributed by atoms with Gasteiger partial charge in [0.05, 0.1) is 0 Å². The van der Waals surface area contributed by atoms with Gasteiger partial charge >= 0.3 is 66.6 Å². The Labute approximate surface area is 173 Å². The molecule has 0 saturated heterocycles. The maximum Gasteiger partial charge on any atom is 0.460 e. The van der Waals surface area contributed by atoms with E-state index in [0.29, 0.717) is 0 Å². The van der Waals surface area contributed by atoms with Crippen molar-refractivity contribution in [2.24, 2.45) is 5.84 Å². The van der Waals surface area contributed by atoms with Gasteiger partial charge in [-0.1, -0.05) is 0 Å². The van der Waals surface area contributed by atoms with Gasteiger partial charge in [-0.05, 0) is 3.82 Å². The van der Waals surface area contributed by atoms with E-state index in [9.17, 15) is 95.9 Å². The molecule has 0 aromatic heterocycles. The fourth-order valence-corrected chi connectivity index (χ4v) is 4.35. The maximum absolute atomic E-state index is 13.4.